The molecule has 0 saturated heterocycles. The van der Waals surface area contributed by atoms with E-state index in [2.05, 4.69) is 10.5 Å². The lowest BCUT2D eigenvalue weighted by atomic mass is 10.2. The van der Waals surface area contributed by atoms with Gasteiger partial charge in [-0.2, -0.15) is 0 Å². The van der Waals surface area contributed by atoms with Gasteiger partial charge in [-0.3, -0.25) is 9.59 Å². The Morgan fingerprint density at radius 3 is 2.70 bits per heavy atom. The Labute approximate surface area is 137 Å². The van der Waals surface area contributed by atoms with Crippen LogP contribution in [0.25, 0.3) is 0 Å². The summed E-state index contributed by atoms with van der Waals surface area (Å²) in [6.45, 7) is 3.22. The molecule has 1 aliphatic carbocycles. The third-order valence-corrected chi connectivity index (χ3v) is 4.27. The number of aryl methyl sites for hydroxylation is 1. The second-order valence-corrected chi connectivity index (χ2v) is 6.40. The van der Waals surface area contributed by atoms with E-state index in [1.807, 2.05) is 0 Å². The molecule has 126 valence electrons. The van der Waals surface area contributed by atoms with Crippen LogP contribution in [0.2, 0.25) is 0 Å². The Morgan fingerprint density at radius 1 is 1.48 bits per heavy atom. The maximum Gasteiger partial charge on any atom is 0.326 e. The molecule has 1 atom stereocenters. The molecule has 9 heteroatoms. The van der Waals surface area contributed by atoms with Crippen molar-refractivity contribution in [1.29, 1.82) is 0 Å². The third kappa shape index (κ3) is 4.98. The van der Waals surface area contributed by atoms with Gasteiger partial charge in [-0.25, -0.2) is 4.79 Å². The lowest BCUT2D eigenvalue weighted by molar-refractivity contribution is -0.148. The van der Waals surface area contributed by atoms with Crippen molar-refractivity contribution < 1.29 is 24.0 Å². The standard InChI is InChI=1S/C14H19N3O5S/c1-8-5-11(16-22-8)15-12(18)6-23-7-13(19)17(10-3-4-10)9(2)14(20)21/h5,9-10H,3-4,6-7H2,1-2H3,(H,20,21)(H,15,16,18). The minimum Gasteiger partial charge on any atom is -0.480 e. The minimum atomic E-state index is -1.02. The molecule has 1 aliphatic rings. The summed E-state index contributed by atoms with van der Waals surface area (Å²) in [7, 11) is 0. The monoisotopic (exact) mass is 341 g/mol. The predicted molar refractivity (Wildman–Crippen MR) is 84.2 cm³/mol. The maximum atomic E-state index is 12.2. The first-order chi connectivity index (χ1) is 10.9. The Balaban J connectivity index is 1.76. The number of carboxylic acids is 1. The topological polar surface area (TPSA) is 113 Å². The highest BCUT2D eigenvalue weighted by Crippen LogP contribution is 2.29. The molecule has 0 radical (unpaired) electrons. The third-order valence-electron chi connectivity index (χ3n) is 3.36. The number of thioether (sulfide) groups is 1. The summed E-state index contributed by atoms with van der Waals surface area (Å²) >= 11 is 1.14. The molecule has 0 spiro atoms. The number of aromatic nitrogens is 1. The zero-order chi connectivity index (χ0) is 17.0. The maximum absolute atomic E-state index is 12.2. The smallest absolute Gasteiger partial charge is 0.326 e. The van der Waals surface area contributed by atoms with Crippen molar-refractivity contribution >= 4 is 35.4 Å². The zero-order valence-corrected chi connectivity index (χ0v) is 13.8. The van der Waals surface area contributed by atoms with Crippen LogP contribution in [0.1, 0.15) is 25.5 Å². The molecule has 0 aromatic carbocycles. The van der Waals surface area contributed by atoms with Crippen LogP contribution in [0.3, 0.4) is 0 Å². The van der Waals surface area contributed by atoms with Gasteiger partial charge in [0.05, 0.1) is 11.5 Å². The Morgan fingerprint density at radius 2 is 2.17 bits per heavy atom. The second-order valence-electron chi connectivity index (χ2n) is 5.41. The molecule has 1 aromatic heterocycles. The van der Waals surface area contributed by atoms with Gasteiger partial charge in [-0.05, 0) is 26.7 Å². The van der Waals surface area contributed by atoms with Gasteiger partial charge in [-0.1, -0.05) is 5.16 Å². The number of anilines is 1. The molecule has 2 N–H and O–H groups in total. The van der Waals surface area contributed by atoms with E-state index < -0.39 is 12.0 Å². The fraction of sp³-hybridized carbons (Fsp3) is 0.571. The van der Waals surface area contributed by atoms with Crippen molar-refractivity contribution in [2.24, 2.45) is 0 Å². The summed E-state index contributed by atoms with van der Waals surface area (Å²) in [6, 6.07) is 0.764. The molecule has 8 nitrogen and oxygen atoms in total. The largest absolute Gasteiger partial charge is 0.480 e. The van der Waals surface area contributed by atoms with E-state index in [-0.39, 0.29) is 29.4 Å². The highest BCUT2D eigenvalue weighted by atomic mass is 32.2. The first-order valence-corrected chi connectivity index (χ1v) is 8.39. The highest BCUT2D eigenvalue weighted by molar-refractivity contribution is 8.00. The first-order valence-electron chi connectivity index (χ1n) is 7.23. The van der Waals surface area contributed by atoms with Gasteiger partial charge in [-0.15, -0.1) is 11.8 Å². The Kier molecular flexibility index (Phi) is 5.64. The van der Waals surface area contributed by atoms with Crippen LogP contribution in [0, 0.1) is 6.92 Å². The summed E-state index contributed by atoms with van der Waals surface area (Å²) in [5.41, 5.74) is 0. The van der Waals surface area contributed by atoms with Gasteiger partial charge in [0.15, 0.2) is 5.82 Å². The number of nitrogens with one attached hydrogen (secondary N) is 1. The predicted octanol–water partition coefficient (Wildman–Crippen LogP) is 1.12. The van der Waals surface area contributed by atoms with E-state index in [9.17, 15) is 14.4 Å². The van der Waals surface area contributed by atoms with E-state index in [1.165, 1.54) is 11.8 Å². The van der Waals surface area contributed by atoms with E-state index in [0.717, 1.165) is 24.6 Å². The van der Waals surface area contributed by atoms with Crippen molar-refractivity contribution in [3.63, 3.8) is 0 Å². The van der Waals surface area contributed by atoms with Crippen LogP contribution in [0.15, 0.2) is 10.6 Å². The molecule has 2 rings (SSSR count). The molecule has 1 saturated carbocycles. The molecule has 1 fully saturated rings. The van der Waals surface area contributed by atoms with Gasteiger partial charge in [0.2, 0.25) is 11.8 Å². The summed E-state index contributed by atoms with van der Waals surface area (Å²) < 4.78 is 4.83. The minimum absolute atomic E-state index is 0.0149. The number of hydrogen-bond donors (Lipinski definition) is 2. The average molecular weight is 341 g/mol. The highest BCUT2D eigenvalue weighted by Gasteiger charge is 2.38. The van der Waals surface area contributed by atoms with Crippen LogP contribution in [0.5, 0.6) is 0 Å². The summed E-state index contributed by atoms with van der Waals surface area (Å²) in [5.74, 6) is -0.492. The quantitative estimate of drug-likeness (QED) is 0.728. The Bertz CT molecular complexity index is 599. The van der Waals surface area contributed by atoms with E-state index in [0.29, 0.717) is 11.6 Å². The van der Waals surface area contributed by atoms with Crippen LogP contribution in [0.4, 0.5) is 5.82 Å². The molecular weight excluding hydrogens is 322 g/mol. The Hall–Kier alpha value is -2.03. The van der Waals surface area contributed by atoms with Crippen LogP contribution in [-0.2, 0) is 14.4 Å². The number of aliphatic carboxylic acids is 1. The van der Waals surface area contributed by atoms with Gasteiger partial charge >= 0.3 is 5.97 Å². The number of amides is 2. The van der Waals surface area contributed by atoms with Gasteiger partial charge in [0, 0.05) is 12.1 Å². The molecule has 1 aromatic rings. The van der Waals surface area contributed by atoms with Crippen LogP contribution < -0.4 is 5.32 Å². The van der Waals surface area contributed by atoms with Gasteiger partial charge < -0.3 is 19.8 Å². The van der Waals surface area contributed by atoms with Crippen molar-refractivity contribution in [2.45, 2.75) is 38.8 Å². The molecule has 1 unspecified atom stereocenters. The molecule has 23 heavy (non-hydrogen) atoms. The number of carboxylic acid groups (broad SMARTS) is 1. The fourth-order valence-electron chi connectivity index (χ4n) is 2.12. The van der Waals surface area contributed by atoms with Crippen molar-refractivity contribution in [2.75, 3.05) is 16.8 Å². The summed E-state index contributed by atoms with van der Waals surface area (Å²) in [6.07, 6.45) is 1.67. The number of rotatable bonds is 8. The number of nitrogens with zero attached hydrogens (tertiary/aromatic N) is 2. The van der Waals surface area contributed by atoms with E-state index in [4.69, 9.17) is 9.63 Å². The normalized spacial score (nSPS) is 15.0. The number of hydrogen-bond acceptors (Lipinski definition) is 6. The van der Waals surface area contributed by atoms with E-state index >= 15 is 0 Å². The SMILES string of the molecule is Cc1cc(NC(=O)CSCC(=O)N(C2CC2)C(C)C(=O)O)no1. The lowest BCUT2D eigenvalue weighted by Crippen LogP contribution is -2.45. The zero-order valence-electron chi connectivity index (χ0n) is 12.9. The average Bonchev–Trinajstić information content (AvgIpc) is 3.22. The molecule has 0 bridgehead atoms. The number of carbonyl (C=O) groups excluding carboxylic acids is 2. The van der Waals surface area contributed by atoms with E-state index in [1.54, 1.807) is 13.0 Å². The van der Waals surface area contributed by atoms with Crippen LogP contribution >= 0.6 is 11.8 Å². The van der Waals surface area contributed by atoms with Gasteiger partial charge in [0.1, 0.15) is 11.8 Å². The van der Waals surface area contributed by atoms with Gasteiger partial charge in [0.25, 0.3) is 0 Å². The van der Waals surface area contributed by atoms with Crippen molar-refractivity contribution in [3.05, 3.63) is 11.8 Å². The summed E-state index contributed by atoms with van der Waals surface area (Å²) in [4.78, 5) is 36.4. The molecule has 2 amide bonds. The summed E-state index contributed by atoms with van der Waals surface area (Å²) in [5, 5.41) is 15.3. The van der Waals surface area contributed by atoms with Crippen molar-refractivity contribution in [3.8, 4) is 0 Å². The van der Waals surface area contributed by atoms with Crippen LogP contribution in [-0.4, -0.2) is 56.5 Å². The molecule has 1 heterocycles. The lowest BCUT2D eigenvalue weighted by Gasteiger charge is -2.26. The molecular formula is C14H19N3O5S. The first kappa shape index (κ1) is 17.3. The fourth-order valence-corrected chi connectivity index (χ4v) is 2.80. The second kappa shape index (κ2) is 7.49. The molecule has 0 aliphatic heterocycles. The van der Waals surface area contributed by atoms with Crippen molar-refractivity contribution in [1.82, 2.24) is 10.1 Å². The number of carbonyl (C=O) groups is 3.